The number of ether oxygens (including phenoxy) is 1. The maximum absolute atomic E-state index is 12.2. The minimum Gasteiger partial charge on any atom is -0.406 e. The molecule has 0 radical (unpaired) electrons. The molecule has 7 heteroatoms. The molecule has 0 atom stereocenters. The second kappa shape index (κ2) is 6.46. The average molecular weight is 310 g/mol. The molecule has 0 bridgehead atoms. The molecule has 0 spiro atoms. The maximum Gasteiger partial charge on any atom is 0.573 e. The largest absolute Gasteiger partial charge is 0.573 e. The summed E-state index contributed by atoms with van der Waals surface area (Å²) in [5.41, 5.74) is 1.48. The molecule has 0 aliphatic rings. The lowest BCUT2D eigenvalue weighted by molar-refractivity contribution is -0.274. The number of halogens is 3. The fourth-order valence-electron chi connectivity index (χ4n) is 1.85. The first-order chi connectivity index (χ1) is 10.3. The van der Waals surface area contributed by atoms with E-state index in [0.29, 0.717) is 16.7 Å². The lowest BCUT2D eigenvalue weighted by atomic mass is 10.1. The highest BCUT2D eigenvalue weighted by Gasteiger charge is 2.31. The van der Waals surface area contributed by atoms with E-state index < -0.39 is 6.36 Å². The Hall–Kier alpha value is -2.57. The number of alkyl halides is 3. The fraction of sp³-hybridized carbons (Fsp3) is 0.200. The van der Waals surface area contributed by atoms with Crippen LogP contribution in [0.4, 0.5) is 13.2 Å². The molecule has 2 aromatic rings. The third-order valence-electron chi connectivity index (χ3n) is 2.86. The van der Waals surface area contributed by atoms with Crippen molar-refractivity contribution in [3.63, 3.8) is 0 Å². The molecule has 0 aliphatic carbocycles. The van der Waals surface area contributed by atoms with Gasteiger partial charge in [-0.1, -0.05) is 12.1 Å². The Morgan fingerprint density at radius 1 is 1.23 bits per heavy atom. The molecule has 4 nitrogen and oxygen atoms in total. The van der Waals surface area contributed by atoms with E-state index in [9.17, 15) is 18.0 Å². The van der Waals surface area contributed by atoms with Gasteiger partial charge in [-0.2, -0.15) is 0 Å². The van der Waals surface area contributed by atoms with Crippen LogP contribution in [0.5, 0.6) is 5.75 Å². The molecule has 0 saturated heterocycles. The van der Waals surface area contributed by atoms with Crippen LogP contribution in [-0.2, 0) is 6.54 Å². The number of nitrogens with zero attached hydrogens (tertiary/aromatic N) is 1. The number of nitrogens with one attached hydrogen (secondary N) is 1. The van der Waals surface area contributed by atoms with Crippen LogP contribution in [0.15, 0.2) is 42.7 Å². The Morgan fingerprint density at radius 3 is 2.50 bits per heavy atom. The standard InChI is InChI=1S/C15H13F3N2O2/c1-10-8-11(2-3-13(10)22-15(16,17)18)9-20-14(21)12-4-6-19-7-5-12/h2-8H,9H2,1H3,(H,20,21). The number of aromatic nitrogens is 1. The smallest absolute Gasteiger partial charge is 0.406 e. The summed E-state index contributed by atoms with van der Waals surface area (Å²) in [5, 5.41) is 2.68. The van der Waals surface area contributed by atoms with Gasteiger partial charge >= 0.3 is 6.36 Å². The van der Waals surface area contributed by atoms with E-state index in [0.717, 1.165) is 0 Å². The Labute approximate surface area is 124 Å². The van der Waals surface area contributed by atoms with Crippen molar-refractivity contribution in [3.8, 4) is 5.75 Å². The molecule has 1 aromatic carbocycles. The van der Waals surface area contributed by atoms with E-state index in [2.05, 4.69) is 15.0 Å². The number of pyridine rings is 1. The number of benzene rings is 1. The zero-order chi connectivity index (χ0) is 16.2. The summed E-state index contributed by atoms with van der Waals surface area (Å²) >= 11 is 0. The van der Waals surface area contributed by atoms with Gasteiger partial charge in [-0.05, 0) is 36.2 Å². The summed E-state index contributed by atoms with van der Waals surface area (Å²) in [7, 11) is 0. The highest BCUT2D eigenvalue weighted by molar-refractivity contribution is 5.93. The minimum absolute atomic E-state index is 0.203. The number of aryl methyl sites for hydroxylation is 1. The van der Waals surface area contributed by atoms with Gasteiger partial charge in [0.05, 0.1) is 0 Å². The van der Waals surface area contributed by atoms with E-state index >= 15 is 0 Å². The first-order valence-corrected chi connectivity index (χ1v) is 6.38. The van der Waals surface area contributed by atoms with Crippen molar-refractivity contribution in [2.75, 3.05) is 0 Å². The number of rotatable bonds is 4. The zero-order valence-electron chi connectivity index (χ0n) is 11.6. The maximum atomic E-state index is 12.2. The molecule has 1 aromatic heterocycles. The number of carbonyl (C=O) groups excluding carboxylic acids is 1. The Morgan fingerprint density at radius 2 is 1.91 bits per heavy atom. The number of hydrogen-bond donors (Lipinski definition) is 1. The molecule has 1 heterocycles. The fourth-order valence-corrected chi connectivity index (χ4v) is 1.85. The first kappa shape index (κ1) is 15.8. The molecule has 1 amide bonds. The molecule has 0 fully saturated rings. The van der Waals surface area contributed by atoms with E-state index in [1.807, 2.05) is 0 Å². The molecule has 0 saturated carbocycles. The van der Waals surface area contributed by atoms with Gasteiger partial charge in [0.1, 0.15) is 5.75 Å². The predicted molar refractivity (Wildman–Crippen MR) is 73.3 cm³/mol. The summed E-state index contributed by atoms with van der Waals surface area (Å²) < 4.78 is 40.4. The third kappa shape index (κ3) is 4.47. The lowest BCUT2D eigenvalue weighted by Gasteiger charge is -2.12. The molecule has 0 unspecified atom stereocenters. The highest BCUT2D eigenvalue weighted by atomic mass is 19.4. The molecule has 1 N–H and O–H groups in total. The van der Waals surface area contributed by atoms with Gasteiger partial charge in [0, 0.05) is 24.5 Å². The van der Waals surface area contributed by atoms with Crippen LogP contribution in [-0.4, -0.2) is 17.3 Å². The molecular weight excluding hydrogens is 297 g/mol. The van der Waals surface area contributed by atoms with Crippen LogP contribution in [0.1, 0.15) is 21.5 Å². The Kier molecular flexibility index (Phi) is 4.65. The van der Waals surface area contributed by atoms with E-state index in [1.54, 1.807) is 12.1 Å². The summed E-state index contributed by atoms with van der Waals surface area (Å²) in [6, 6.07) is 7.38. The van der Waals surface area contributed by atoms with Crippen LogP contribution < -0.4 is 10.1 Å². The van der Waals surface area contributed by atoms with E-state index in [-0.39, 0.29) is 18.2 Å². The number of amides is 1. The van der Waals surface area contributed by atoms with Crippen molar-refractivity contribution < 1.29 is 22.7 Å². The summed E-state index contributed by atoms with van der Waals surface area (Å²) in [6.07, 6.45) is -1.72. The van der Waals surface area contributed by atoms with Crippen LogP contribution in [0, 0.1) is 6.92 Å². The summed E-state index contributed by atoms with van der Waals surface area (Å²) in [6.45, 7) is 1.71. The second-order valence-electron chi connectivity index (χ2n) is 4.57. The molecular formula is C15H13F3N2O2. The van der Waals surface area contributed by atoms with Gasteiger partial charge in [0.15, 0.2) is 0 Å². The quantitative estimate of drug-likeness (QED) is 0.943. The molecule has 22 heavy (non-hydrogen) atoms. The van der Waals surface area contributed by atoms with Crippen molar-refractivity contribution in [3.05, 3.63) is 59.4 Å². The van der Waals surface area contributed by atoms with E-state index in [1.165, 1.54) is 37.5 Å². The highest BCUT2D eigenvalue weighted by Crippen LogP contribution is 2.26. The Balaban J connectivity index is 1.99. The van der Waals surface area contributed by atoms with Gasteiger partial charge in [-0.15, -0.1) is 13.2 Å². The van der Waals surface area contributed by atoms with Crippen LogP contribution in [0.3, 0.4) is 0 Å². The van der Waals surface area contributed by atoms with Gasteiger partial charge in [-0.25, -0.2) is 0 Å². The zero-order valence-corrected chi connectivity index (χ0v) is 11.6. The summed E-state index contributed by atoms with van der Waals surface area (Å²) in [5.74, 6) is -0.535. The van der Waals surface area contributed by atoms with Gasteiger partial charge in [-0.3, -0.25) is 9.78 Å². The lowest BCUT2D eigenvalue weighted by Crippen LogP contribution is -2.23. The van der Waals surface area contributed by atoms with Gasteiger partial charge < -0.3 is 10.1 Å². The average Bonchev–Trinajstić information content (AvgIpc) is 2.47. The number of carbonyl (C=O) groups is 1. The van der Waals surface area contributed by atoms with Crippen LogP contribution in [0.25, 0.3) is 0 Å². The molecule has 0 aliphatic heterocycles. The third-order valence-corrected chi connectivity index (χ3v) is 2.86. The molecule has 116 valence electrons. The SMILES string of the molecule is Cc1cc(CNC(=O)c2ccncc2)ccc1OC(F)(F)F. The normalized spacial score (nSPS) is 11.1. The van der Waals surface area contributed by atoms with Crippen molar-refractivity contribution in [2.45, 2.75) is 19.8 Å². The predicted octanol–water partition coefficient (Wildman–Crippen LogP) is 3.22. The van der Waals surface area contributed by atoms with Gasteiger partial charge in [0.25, 0.3) is 5.91 Å². The topological polar surface area (TPSA) is 51.2 Å². The minimum atomic E-state index is -4.72. The number of hydrogen-bond acceptors (Lipinski definition) is 3. The van der Waals surface area contributed by atoms with Crippen LogP contribution >= 0.6 is 0 Å². The first-order valence-electron chi connectivity index (χ1n) is 6.38. The van der Waals surface area contributed by atoms with Gasteiger partial charge in [0.2, 0.25) is 0 Å². The van der Waals surface area contributed by atoms with Crippen molar-refractivity contribution in [1.29, 1.82) is 0 Å². The van der Waals surface area contributed by atoms with E-state index in [4.69, 9.17) is 0 Å². The summed E-state index contributed by atoms with van der Waals surface area (Å²) in [4.78, 5) is 15.7. The Bertz CT molecular complexity index is 658. The van der Waals surface area contributed by atoms with Crippen molar-refractivity contribution in [2.24, 2.45) is 0 Å². The monoisotopic (exact) mass is 310 g/mol. The molecule has 2 rings (SSSR count). The van der Waals surface area contributed by atoms with Crippen molar-refractivity contribution >= 4 is 5.91 Å². The van der Waals surface area contributed by atoms with Crippen LogP contribution in [0.2, 0.25) is 0 Å². The second-order valence-corrected chi connectivity index (χ2v) is 4.57. The van der Waals surface area contributed by atoms with Crippen molar-refractivity contribution in [1.82, 2.24) is 10.3 Å².